The van der Waals surface area contributed by atoms with Crippen molar-refractivity contribution >= 4 is 17.6 Å². The van der Waals surface area contributed by atoms with E-state index in [0.29, 0.717) is 18.3 Å². The van der Waals surface area contributed by atoms with E-state index in [9.17, 15) is 4.79 Å². The Morgan fingerprint density at radius 3 is 2.72 bits per heavy atom. The number of ether oxygens (including phenoxy) is 1. The fourth-order valence-electron chi connectivity index (χ4n) is 2.83. The largest absolute Gasteiger partial charge is 0.469 e. The smallest absolute Gasteiger partial charge is 0.305 e. The number of rotatable bonds is 3. The van der Waals surface area contributed by atoms with Gasteiger partial charge in [-0.05, 0) is 48.8 Å². The zero-order chi connectivity index (χ0) is 13.0. The number of halogens is 1. The Morgan fingerprint density at radius 2 is 2.06 bits per heavy atom. The molecule has 2 atom stereocenters. The van der Waals surface area contributed by atoms with Gasteiger partial charge in [0.15, 0.2) is 0 Å². The van der Waals surface area contributed by atoms with Crippen molar-refractivity contribution in [2.24, 2.45) is 5.92 Å². The van der Waals surface area contributed by atoms with Gasteiger partial charge in [-0.2, -0.15) is 0 Å². The van der Waals surface area contributed by atoms with Gasteiger partial charge in [0, 0.05) is 11.4 Å². The van der Waals surface area contributed by atoms with E-state index < -0.39 is 0 Å². The first kappa shape index (κ1) is 13.4. The predicted molar refractivity (Wildman–Crippen MR) is 72.8 cm³/mol. The first-order chi connectivity index (χ1) is 8.69. The molecule has 0 heterocycles. The van der Waals surface area contributed by atoms with Gasteiger partial charge in [0.25, 0.3) is 0 Å². The molecule has 2 nitrogen and oxygen atoms in total. The summed E-state index contributed by atoms with van der Waals surface area (Å²) in [7, 11) is 1.46. The number of hydrogen-bond acceptors (Lipinski definition) is 2. The molecule has 0 aromatic heterocycles. The summed E-state index contributed by atoms with van der Waals surface area (Å²) in [4.78, 5) is 11.3. The van der Waals surface area contributed by atoms with E-state index in [1.54, 1.807) is 0 Å². The number of carbonyl (C=O) groups excluding carboxylic acids is 1. The van der Waals surface area contributed by atoms with Crippen molar-refractivity contribution in [3.05, 3.63) is 34.9 Å². The monoisotopic (exact) mass is 266 g/mol. The van der Waals surface area contributed by atoms with Crippen molar-refractivity contribution in [2.75, 3.05) is 7.11 Å². The van der Waals surface area contributed by atoms with Gasteiger partial charge in [0.1, 0.15) is 0 Å². The van der Waals surface area contributed by atoms with Gasteiger partial charge in [-0.1, -0.05) is 30.2 Å². The third-order valence-corrected chi connectivity index (χ3v) is 4.06. The van der Waals surface area contributed by atoms with Crippen molar-refractivity contribution in [2.45, 2.75) is 38.0 Å². The second kappa shape index (κ2) is 6.24. The van der Waals surface area contributed by atoms with Gasteiger partial charge in [0.05, 0.1) is 7.11 Å². The van der Waals surface area contributed by atoms with E-state index in [1.165, 1.54) is 25.5 Å². The van der Waals surface area contributed by atoms with Crippen LogP contribution in [0.25, 0.3) is 0 Å². The third-order valence-electron chi connectivity index (χ3n) is 3.81. The lowest BCUT2D eigenvalue weighted by Gasteiger charge is -2.28. The molecule has 0 spiro atoms. The van der Waals surface area contributed by atoms with E-state index in [2.05, 4.69) is 12.1 Å². The molecule has 0 bridgehead atoms. The minimum atomic E-state index is -0.0863. The summed E-state index contributed by atoms with van der Waals surface area (Å²) in [5.41, 5.74) is 1.34. The summed E-state index contributed by atoms with van der Waals surface area (Å²) in [5, 5.41) is 0.778. The molecule has 0 amide bonds. The summed E-state index contributed by atoms with van der Waals surface area (Å²) < 4.78 is 4.75. The van der Waals surface area contributed by atoms with Crippen LogP contribution >= 0.6 is 11.6 Å². The maximum Gasteiger partial charge on any atom is 0.305 e. The number of carbonyl (C=O) groups is 1. The van der Waals surface area contributed by atoms with Gasteiger partial charge in [-0.15, -0.1) is 0 Å². The fraction of sp³-hybridized carbons (Fsp3) is 0.533. The summed E-state index contributed by atoms with van der Waals surface area (Å²) in [5.74, 6) is 0.939. The van der Waals surface area contributed by atoms with Crippen LogP contribution in [0.15, 0.2) is 24.3 Å². The van der Waals surface area contributed by atoms with Crippen molar-refractivity contribution in [1.82, 2.24) is 0 Å². The first-order valence-electron chi connectivity index (χ1n) is 6.51. The lowest BCUT2D eigenvalue weighted by Crippen LogP contribution is -2.18. The summed E-state index contributed by atoms with van der Waals surface area (Å²) >= 11 is 5.91. The zero-order valence-electron chi connectivity index (χ0n) is 10.7. The molecular weight excluding hydrogens is 248 g/mol. The van der Waals surface area contributed by atoms with E-state index in [1.807, 2.05) is 12.1 Å². The standard InChI is InChI=1S/C15H19ClO2/c1-18-15(17)10-11-3-2-4-13(9-11)12-5-7-14(16)8-6-12/h5-8,11,13H,2-4,9-10H2,1H3. The van der Waals surface area contributed by atoms with E-state index in [0.717, 1.165) is 17.9 Å². The van der Waals surface area contributed by atoms with E-state index >= 15 is 0 Å². The van der Waals surface area contributed by atoms with E-state index in [4.69, 9.17) is 16.3 Å². The molecule has 2 unspecified atom stereocenters. The Balaban J connectivity index is 1.98. The molecule has 3 heteroatoms. The Morgan fingerprint density at radius 1 is 1.33 bits per heavy atom. The van der Waals surface area contributed by atoms with Crippen LogP contribution in [0.1, 0.15) is 43.6 Å². The molecule has 1 aliphatic carbocycles. The lowest BCUT2D eigenvalue weighted by atomic mass is 9.77. The average molecular weight is 267 g/mol. The molecule has 1 fully saturated rings. The molecule has 2 rings (SSSR count). The third kappa shape index (κ3) is 3.49. The number of benzene rings is 1. The predicted octanol–water partition coefficient (Wildman–Crippen LogP) is 4.18. The molecule has 1 aliphatic rings. The second-order valence-corrected chi connectivity index (χ2v) is 5.50. The highest BCUT2D eigenvalue weighted by atomic mass is 35.5. The maximum atomic E-state index is 11.3. The SMILES string of the molecule is COC(=O)CC1CCCC(c2ccc(Cl)cc2)C1. The van der Waals surface area contributed by atoms with Gasteiger partial charge >= 0.3 is 5.97 Å². The zero-order valence-corrected chi connectivity index (χ0v) is 11.5. The maximum absolute atomic E-state index is 11.3. The van der Waals surface area contributed by atoms with Crippen molar-refractivity contribution in [1.29, 1.82) is 0 Å². The van der Waals surface area contributed by atoms with Crippen molar-refractivity contribution in [3.63, 3.8) is 0 Å². The average Bonchev–Trinajstić information content (AvgIpc) is 2.40. The summed E-state index contributed by atoms with van der Waals surface area (Å²) in [6.07, 6.45) is 5.17. The van der Waals surface area contributed by atoms with Gasteiger partial charge in [0.2, 0.25) is 0 Å². The number of hydrogen-bond donors (Lipinski definition) is 0. The van der Waals surface area contributed by atoms with Gasteiger partial charge < -0.3 is 4.74 Å². The molecule has 0 radical (unpaired) electrons. The van der Waals surface area contributed by atoms with Crippen molar-refractivity contribution in [3.8, 4) is 0 Å². The van der Waals surface area contributed by atoms with Crippen LogP contribution in [0.3, 0.4) is 0 Å². The van der Waals surface area contributed by atoms with Crippen molar-refractivity contribution < 1.29 is 9.53 Å². The van der Waals surface area contributed by atoms with Crippen LogP contribution in [-0.4, -0.2) is 13.1 Å². The highest BCUT2D eigenvalue weighted by Crippen LogP contribution is 2.37. The molecule has 0 saturated heterocycles. The van der Waals surface area contributed by atoms with Crippen LogP contribution in [-0.2, 0) is 9.53 Å². The van der Waals surface area contributed by atoms with Crippen LogP contribution in [0.2, 0.25) is 5.02 Å². The number of esters is 1. The molecule has 1 aromatic rings. The minimum Gasteiger partial charge on any atom is -0.469 e. The van der Waals surface area contributed by atoms with Crippen LogP contribution in [0, 0.1) is 5.92 Å². The highest BCUT2D eigenvalue weighted by Gasteiger charge is 2.25. The fourth-order valence-corrected chi connectivity index (χ4v) is 2.96. The summed E-state index contributed by atoms with van der Waals surface area (Å²) in [6.45, 7) is 0. The Hall–Kier alpha value is -1.02. The molecule has 98 valence electrons. The number of methoxy groups -OCH3 is 1. The Bertz CT molecular complexity index is 399. The van der Waals surface area contributed by atoms with Crippen LogP contribution in [0.5, 0.6) is 0 Å². The Labute approximate surface area is 113 Å². The molecule has 0 aliphatic heterocycles. The van der Waals surface area contributed by atoms with Gasteiger partial charge in [-0.3, -0.25) is 4.79 Å². The molecule has 1 saturated carbocycles. The van der Waals surface area contributed by atoms with E-state index in [-0.39, 0.29) is 5.97 Å². The quantitative estimate of drug-likeness (QED) is 0.768. The molecular formula is C15H19ClO2. The lowest BCUT2D eigenvalue weighted by molar-refractivity contribution is -0.142. The van der Waals surface area contributed by atoms with Gasteiger partial charge in [-0.25, -0.2) is 0 Å². The highest BCUT2D eigenvalue weighted by molar-refractivity contribution is 6.30. The van der Waals surface area contributed by atoms with Crippen LogP contribution in [0.4, 0.5) is 0 Å². The summed E-state index contributed by atoms with van der Waals surface area (Å²) in [6, 6.07) is 8.10. The second-order valence-electron chi connectivity index (χ2n) is 5.06. The van der Waals surface area contributed by atoms with Crippen LogP contribution < -0.4 is 0 Å². The molecule has 18 heavy (non-hydrogen) atoms. The Kier molecular flexibility index (Phi) is 4.65. The molecule has 0 N–H and O–H groups in total. The topological polar surface area (TPSA) is 26.3 Å². The molecule has 1 aromatic carbocycles. The normalized spacial score (nSPS) is 23.7. The minimum absolute atomic E-state index is 0.0863. The first-order valence-corrected chi connectivity index (χ1v) is 6.89.